The van der Waals surface area contributed by atoms with Crippen molar-refractivity contribution in [3.05, 3.63) is 216 Å². The van der Waals surface area contributed by atoms with Crippen molar-refractivity contribution in [2.45, 2.75) is 25.5 Å². The highest BCUT2D eigenvalue weighted by atomic mass is 14.4. The molecular formula is C60H40. The molecule has 280 valence electrons. The molecule has 0 saturated heterocycles. The van der Waals surface area contributed by atoms with Crippen LogP contribution >= 0.6 is 0 Å². The Bertz CT molecular complexity index is 5730. The van der Waals surface area contributed by atoms with Crippen LogP contribution < -0.4 is 0 Å². The second-order valence-corrected chi connectivity index (χ2v) is 14.1. The van der Waals surface area contributed by atoms with Crippen LogP contribution in [0.5, 0.6) is 0 Å². The molecule has 0 unspecified atom stereocenters. The van der Waals surface area contributed by atoms with E-state index in [4.69, 9.17) is 17.8 Å². The van der Waals surface area contributed by atoms with E-state index in [1.165, 1.54) is 0 Å². The monoisotopic (exact) mass is 799 g/mol. The van der Waals surface area contributed by atoms with Gasteiger partial charge >= 0.3 is 0 Å². The first-order chi connectivity index (χ1) is 45.4. The van der Waals surface area contributed by atoms with Crippen molar-refractivity contribution < 1.29 is 52.1 Å². The van der Waals surface area contributed by atoms with E-state index in [0.717, 1.165) is 0 Å². The van der Waals surface area contributed by atoms with Crippen LogP contribution in [0.1, 0.15) is 88.0 Å². The average molecular weight is 799 g/mol. The summed E-state index contributed by atoms with van der Waals surface area (Å²) >= 11 is 0. The van der Waals surface area contributed by atoms with Gasteiger partial charge in [-0.2, -0.15) is 0 Å². The third kappa shape index (κ3) is 4.74. The Labute approximate surface area is 403 Å². The Morgan fingerprint density at radius 3 is 1.55 bits per heavy atom. The first-order valence-electron chi connectivity index (χ1n) is 37.2. The van der Waals surface area contributed by atoms with Crippen LogP contribution in [0.3, 0.4) is 0 Å². The fraction of sp³-hybridized carbons (Fsp3) is 0.0667. The van der Waals surface area contributed by atoms with E-state index in [2.05, 4.69) is 0 Å². The van der Waals surface area contributed by atoms with Crippen molar-refractivity contribution in [1.29, 1.82) is 0 Å². The summed E-state index contributed by atoms with van der Waals surface area (Å²) in [6.07, 6.45) is -1.37. The molecule has 1 aliphatic carbocycles. The van der Waals surface area contributed by atoms with Crippen LogP contribution in [0, 0.1) is 0 Å². The maximum absolute atomic E-state index is 10.8. The molecule has 0 N–H and O–H groups in total. The Morgan fingerprint density at radius 2 is 0.883 bits per heavy atom. The molecular weight excluding hydrogens is 721 g/mol. The number of rotatable bonds is 5. The fourth-order valence-corrected chi connectivity index (χ4v) is 8.23. The van der Waals surface area contributed by atoms with E-state index in [1.54, 1.807) is 0 Å². The Morgan fingerprint density at radius 1 is 0.367 bits per heavy atom. The van der Waals surface area contributed by atoms with E-state index >= 15 is 0 Å². The minimum Gasteiger partial charge on any atom is -0.0622 e. The molecule has 12 aromatic rings. The third-order valence-corrected chi connectivity index (χ3v) is 10.9. The van der Waals surface area contributed by atoms with Gasteiger partial charge in [-0.25, -0.2) is 0 Å². The summed E-state index contributed by atoms with van der Waals surface area (Å²) in [5.74, 6) is 0. The van der Waals surface area contributed by atoms with Gasteiger partial charge in [-0.3, -0.25) is 0 Å². The van der Waals surface area contributed by atoms with E-state index in [9.17, 15) is 34.3 Å². The highest BCUT2D eigenvalue weighted by molar-refractivity contribution is 6.27. The lowest BCUT2D eigenvalue weighted by molar-refractivity contribution is 0.660. The molecule has 0 fully saturated rings. The molecule has 0 saturated carbocycles. The Balaban J connectivity index is 1.40. The molecule has 13 rings (SSSR count). The summed E-state index contributed by atoms with van der Waals surface area (Å²) in [7, 11) is 0. The molecule has 0 aliphatic heterocycles. The molecule has 0 aromatic heterocycles. The van der Waals surface area contributed by atoms with Crippen LogP contribution in [0.25, 0.3) is 109 Å². The summed E-state index contributed by atoms with van der Waals surface area (Å²) in [5, 5.41) is -7.55. The third-order valence-electron chi connectivity index (χ3n) is 10.9. The Kier molecular flexibility index (Phi) is 2.76. The van der Waals surface area contributed by atoms with Gasteiger partial charge in [0, 0.05) is 13.6 Å². The normalized spacial score (nSPS) is 22.7. The number of fused-ring (bicyclic) bond motifs is 3. The highest BCUT2D eigenvalue weighted by Crippen LogP contribution is 2.51. The predicted molar refractivity (Wildman–Crippen MR) is 257 cm³/mol. The van der Waals surface area contributed by atoms with Crippen molar-refractivity contribution >= 4 is 64.6 Å². The van der Waals surface area contributed by atoms with Gasteiger partial charge in [-0.1, -0.05) is 189 Å². The Hall–Kier alpha value is -7.28. The van der Waals surface area contributed by atoms with Gasteiger partial charge in [-0.15, -0.1) is 0 Å². The van der Waals surface area contributed by atoms with E-state index in [0.29, 0.717) is 0 Å². The maximum atomic E-state index is 10.8. The van der Waals surface area contributed by atoms with Gasteiger partial charge in [0.1, 0.15) is 0 Å². The molecule has 60 heavy (non-hydrogen) atoms. The zero-order chi connectivity index (χ0) is 72.5. The maximum Gasteiger partial charge on any atom is 0.0636 e. The number of hydrogen-bond acceptors (Lipinski definition) is 0. The highest BCUT2D eigenvalue weighted by Gasteiger charge is 2.35. The van der Waals surface area contributed by atoms with Gasteiger partial charge in [0.15, 0.2) is 0 Å². The summed E-state index contributed by atoms with van der Waals surface area (Å²) in [6, 6.07) is -34.6. The van der Waals surface area contributed by atoms with Crippen LogP contribution in [0.2, 0.25) is 0 Å². The van der Waals surface area contributed by atoms with Crippen molar-refractivity contribution in [3.63, 3.8) is 0 Å². The minimum atomic E-state index is -4.10. The fourth-order valence-electron chi connectivity index (χ4n) is 8.23. The van der Waals surface area contributed by atoms with E-state index in [-0.39, 0.29) is 0 Å². The summed E-state index contributed by atoms with van der Waals surface area (Å²) in [6.45, 7) is -8.20. The molecule has 0 nitrogen and oxygen atoms in total. The van der Waals surface area contributed by atoms with Gasteiger partial charge in [-0.05, 0) is 156 Å². The van der Waals surface area contributed by atoms with Crippen LogP contribution in [-0.4, -0.2) is 0 Å². The van der Waals surface area contributed by atoms with Crippen molar-refractivity contribution in [1.82, 2.24) is 0 Å². The molecule has 1 aliphatic rings. The van der Waals surface area contributed by atoms with E-state index < -0.39 is 350 Å². The summed E-state index contributed by atoms with van der Waals surface area (Å²) in [5.41, 5.74) is -16.9. The molecule has 0 heterocycles. The molecule has 0 bridgehead atoms. The largest absolute Gasteiger partial charge is 0.0636 e. The lowest BCUT2D eigenvalue weighted by Gasteiger charge is -2.24. The first-order valence-corrected chi connectivity index (χ1v) is 18.2. The number of benzene rings is 12. The minimum absolute atomic E-state index is 0.493. The van der Waals surface area contributed by atoms with Crippen molar-refractivity contribution in [2.75, 3.05) is 0 Å². The summed E-state index contributed by atoms with van der Waals surface area (Å²) in [4.78, 5) is 0. The first kappa shape index (κ1) is 13.4. The number of hydrogen-bond donors (Lipinski definition) is 0. The quantitative estimate of drug-likeness (QED) is 0.152. The standard InChI is InChI=1S/C60H40/c1-60(2)54-17-7-6-16-47(54)48-29-26-43(35-55(48)60)51-33-44(45-27-22-41-20-18-37-12-8-14-39-24-30-49(45)58(41)56(37)39)34-53(52(51)32-36-10-4-3-5-11-36)46-28-23-42-21-19-38-13-9-15-40-25-31-50(46)59(42)57(38)40/h3-31,33-35H,32H2,1-2H3/i1D3,2D3,3D,4D,5D,6D,7D,8D,9D,10D,11D,12D,13D,14D,15D,16D,17D,18D,19D,20D,21D,22D,23D,24D,25D,26D,27D,28D,29D,30D,31D,33D,34D,35D. The molecule has 0 spiro atoms. The molecule has 0 heteroatoms. The van der Waals surface area contributed by atoms with Gasteiger partial charge < -0.3 is 0 Å². The van der Waals surface area contributed by atoms with E-state index in [1.807, 2.05) is 0 Å². The predicted octanol–water partition coefficient (Wildman–Crippen LogP) is 16.4. The molecule has 0 atom stereocenters. The van der Waals surface area contributed by atoms with Gasteiger partial charge in [0.05, 0.1) is 43.9 Å². The average Bonchev–Trinajstić information content (AvgIpc) is 1.32. The zero-order valence-electron chi connectivity index (χ0n) is 68.2. The topological polar surface area (TPSA) is 0 Å². The zero-order valence-corrected chi connectivity index (χ0v) is 30.2. The lowest BCUT2D eigenvalue weighted by atomic mass is 9.79. The molecule has 0 radical (unpaired) electrons. The van der Waals surface area contributed by atoms with Crippen molar-refractivity contribution in [3.8, 4) is 44.5 Å². The van der Waals surface area contributed by atoms with Crippen LogP contribution in [0.4, 0.5) is 0 Å². The molecule has 12 aromatic carbocycles. The van der Waals surface area contributed by atoms with Crippen LogP contribution in [0.15, 0.2) is 193 Å². The van der Waals surface area contributed by atoms with Crippen LogP contribution in [-0.2, 0) is 11.8 Å². The van der Waals surface area contributed by atoms with Gasteiger partial charge in [0.2, 0.25) is 0 Å². The summed E-state index contributed by atoms with van der Waals surface area (Å²) < 4.78 is 357. The second kappa shape index (κ2) is 12.4. The lowest BCUT2D eigenvalue weighted by Crippen LogP contribution is -2.15. The second-order valence-electron chi connectivity index (χ2n) is 14.1. The van der Waals surface area contributed by atoms with Gasteiger partial charge in [0.25, 0.3) is 0 Å². The SMILES string of the molecule is [2H]c1c([2H])c([2H])c(Cc2c(-c3c([2H])c([2H])c4c(c3[2H])C(C([2H])([2H])[2H])(C([2H])([2H])[2H])c3c([2H])c([2H])c([2H])c([2H])c3-4)c([2H])c(-c3c([2H])c([2H])c4c([2H])c([2H])c5c([2H])c([2H])c([2H])c6c([2H])c([2H])c3c4c56)c([2H])c2-c2c([2H])c([2H])c3c([2H])c([2H])c4c([2H])c([2H])c([2H])c5c([2H])c([2H])c2c3c45)c([2H])c1[2H]. The smallest absolute Gasteiger partial charge is 0.0622 e. The molecule has 0 amide bonds. The van der Waals surface area contributed by atoms with Crippen molar-refractivity contribution in [2.24, 2.45) is 0 Å².